The molecule has 104 valence electrons. The van der Waals surface area contributed by atoms with E-state index >= 15 is 0 Å². The fourth-order valence-corrected chi connectivity index (χ4v) is 1.61. The van der Waals surface area contributed by atoms with Crippen molar-refractivity contribution in [2.24, 2.45) is 0 Å². The molecule has 0 aliphatic rings. The lowest BCUT2D eigenvalue weighted by Gasteiger charge is -2.14. The van der Waals surface area contributed by atoms with Crippen molar-refractivity contribution >= 4 is 5.91 Å². The summed E-state index contributed by atoms with van der Waals surface area (Å²) in [4.78, 5) is 15.8. The van der Waals surface area contributed by atoms with Crippen LogP contribution < -0.4 is 10.1 Å². The third-order valence-electron chi connectivity index (χ3n) is 2.69. The third-order valence-corrected chi connectivity index (χ3v) is 2.69. The van der Waals surface area contributed by atoms with E-state index in [1.807, 2.05) is 6.07 Å². The quantitative estimate of drug-likeness (QED) is 0.910. The number of pyridine rings is 1. The summed E-state index contributed by atoms with van der Waals surface area (Å²) >= 11 is 0. The van der Waals surface area contributed by atoms with Crippen LogP contribution in [-0.4, -0.2) is 17.0 Å². The van der Waals surface area contributed by atoms with E-state index in [-0.39, 0.29) is 11.7 Å². The molecule has 1 heterocycles. The summed E-state index contributed by atoms with van der Waals surface area (Å²) in [5.41, 5.74) is 0.912. The molecule has 5 heteroatoms. The molecular weight excluding hydrogens is 259 g/mol. The minimum absolute atomic E-state index is 0.238. The molecule has 1 N–H and O–H groups in total. The van der Waals surface area contributed by atoms with Gasteiger partial charge in [-0.3, -0.25) is 9.78 Å². The Hall–Kier alpha value is -2.43. The number of carbonyl (C=O) groups excluding carboxylic acids is 1. The first-order valence-corrected chi connectivity index (χ1v) is 6.24. The van der Waals surface area contributed by atoms with Crippen LogP contribution in [0.15, 0.2) is 48.8 Å². The van der Waals surface area contributed by atoms with Gasteiger partial charge in [0.25, 0.3) is 5.91 Å². The highest BCUT2D eigenvalue weighted by molar-refractivity contribution is 5.80. The van der Waals surface area contributed by atoms with Gasteiger partial charge in [-0.2, -0.15) is 0 Å². The topological polar surface area (TPSA) is 51.2 Å². The number of rotatable bonds is 5. The first-order valence-electron chi connectivity index (χ1n) is 6.24. The molecule has 0 bridgehead atoms. The van der Waals surface area contributed by atoms with Crippen molar-refractivity contribution in [2.45, 2.75) is 19.6 Å². The number of amides is 1. The van der Waals surface area contributed by atoms with Crippen LogP contribution in [0.3, 0.4) is 0 Å². The molecule has 1 atom stereocenters. The zero-order chi connectivity index (χ0) is 14.4. The molecule has 0 unspecified atom stereocenters. The van der Waals surface area contributed by atoms with Crippen LogP contribution in [0.4, 0.5) is 4.39 Å². The Morgan fingerprint density at radius 2 is 2.10 bits per heavy atom. The molecule has 2 rings (SSSR count). The maximum atomic E-state index is 12.8. The molecule has 0 aliphatic heterocycles. The van der Waals surface area contributed by atoms with Crippen molar-refractivity contribution in [3.8, 4) is 5.75 Å². The summed E-state index contributed by atoms with van der Waals surface area (Å²) in [6, 6.07) is 9.23. The number of halogens is 1. The summed E-state index contributed by atoms with van der Waals surface area (Å²) < 4.78 is 18.2. The Labute approximate surface area is 116 Å². The Bertz CT molecular complexity index is 558. The second-order valence-corrected chi connectivity index (χ2v) is 4.29. The van der Waals surface area contributed by atoms with E-state index in [2.05, 4.69) is 10.3 Å². The summed E-state index contributed by atoms with van der Waals surface area (Å²) in [5.74, 6) is -0.125. The van der Waals surface area contributed by atoms with Gasteiger partial charge in [0.2, 0.25) is 0 Å². The molecule has 1 amide bonds. The molecule has 2 aromatic rings. The molecular formula is C15H15FN2O2. The van der Waals surface area contributed by atoms with Gasteiger partial charge < -0.3 is 10.1 Å². The van der Waals surface area contributed by atoms with Crippen LogP contribution >= 0.6 is 0 Å². The van der Waals surface area contributed by atoms with Crippen LogP contribution in [0.5, 0.6) is 5.75 Å². The standard InChI is InChI=1S/C15H15FN2O2/c1-11(20-14-6-4-13(16)5-7-14)15(19)18-10-12-3-2-8-17-9-12/h2-9,11H,10H2,1H3,(H,18,19)/t11-/m1/s1. The van der Waals surface area contributed by atoms with E-state index in [0.717, 1.165) is 5.56 Å². The van der Waals surface area contributed by atoms with Crippen molar-refractivity contribution in [3.05, 3.63) is 60.2 Å². The van der Waals surface area contributed by atoms with E-state index in [1.54, 1.807) is 25.4 Å². The molecule has 0 aliphatic carbocycles. The van der Waals surface area contributed by atoms with E-state index < -0.39 is 6.10 Å². The summed E-state index contributed by atoms with van der Waals surface area (Å²) in [6.07, 6.45) is 2.70. The predicted octanol–water partition coefficient (Wildman–Crippen LogP) is 2.30. The van der Waals surface area contributed by atoms with Crippen molar-refractivity contribution in [1.29, 1.82) is 0 Å². The number of nitrogens with one attached hydrogen (secondary N) is 1. The number of hydrogen-bond acceptors (Lipinski definition) is 3. The number of nitrogens with zero attached hydrogens (tertiary/aromatic N) is 1. The van der Waals surface area contributed by atoms with Gasteiger partial charge >= 0.3 is 0 Å². The van der Waals surface area contributed by atoms with E-state index in [9.17, 15) is 9.18 Å². The normalized spacial score (nSPS) is 11.7. The maximum absolute atomic E-state index is 12.8. The average molecular weight is 274 g/mol. The average Bonchev–Trinajstić information content (AvgIpc) is 2.48. The first-order chi connectivity index (χ1) is 9.65. The second kappa shape index (κ2) is 6.65. The lowest BCUT2D eigenvalue weighted by atomic mass is 10.2. The summed E-state index contributed by atoms with van der Waals surface area (Å²) in [6.45, 7) is 2.03. The van der Waals surface area contributed by atoms with Crippen molar-refractivity contribution in [1.82, 2.24) is 10.3 Å². The van der Waals surface area contributed by atoms with Crippen LogP contribution in [0.1, 0.15) is 12.5 Å². The van der Waals surface area contributed by atoms with Crippen molar-refractivity contribution in [3.63, 3.8) is 0 Å². The lowest BCUT2D eigenvalue weighted by molar-refractivity contribution is -0.127. The van der Waals surface area contributed by atoms with Gasteiger partial charge in [0, 0.05) is 18.9 Å². The van der Waals surface area contributed by atoms with Crippen LogP contribution in [0, 0.1) is 5.82 Å². The molecule has 20 heavy (non-hydrogen) atoms. The molecule has 0 saturated heterocycles. The molecule has 0 spiro atoms. The van der Waals surface area contributed by atoms with Gasteiger partial charge in [0.1, 0.15) is 11.6 Å². The number of benzene rings is 1. The fourth-order valence-electron chi connectivity index (χ4n) is 1.61. The number of aromatic nitrogens is 1. The highest BCUT2D eigenvalue weighted by Gasteiger charge is 2.14. The minimum Gasteiger partial charge on any atom is -0.481 e. The highest BCUT2D eigenvalue weighted by Crippen LogP contribution is 2.13. The van der Waals surface area contributed by atoms with Crippen molar-refractivity contribution in [2.75, 3.05) is 0 Å². The maximum Gasteiger partial charge on any atom is 0.261 e. The van der Waals surface area contributed by atoms with Gasteiger partial charge in [0.15, 0.2) is 6.10 Å². The second-order valence-electron chi connectivity index (χ2n) is 4.29. The molecule has 0 saturated carbocycles. The molecule has 1 aromatic heterocycles. The van der Waals surface area contributed by atoms with E-state index in [1.165, 1.54) is 24.3 Å². The zero-order valence-electron chi connectivity index (χ0n) is 11.0. The Morgan fingerprint density at radius 3 is 2.75 bits per heavy atom. The van der Waals surface area contributed by atoms with E-state index in [0.29, 0.717) is 12.3 Å². The molecule has 0 fully saturated rings. The summed E-state index contributed by atoms with van der Waals surface area (Å²) in [5, 5.41) is 2.75. The number of ether oxygens (including phenoxy) is 1. The third kappa shape index (κ3) is 4.05. The number of hydrogen-bond donors (Lipinski definition) is 1. The molecule has 4 nitrogen and oxygen atoms in total. The van der Waals surface area contributed by atoms with E-state index in [4.69, 9.17) is 4.74 Å². The Balaban J connectivity index is 1.84. The van der Waals surface area contributed by atoms with Crippen LogP contribution in [0.2, 0.25) is 0 Å². The monoisotopic (exact) mass is 274 g/mol. The largest absolute Gasteiger partial charge is 0.481 e. The van der Waals surface area contributed by atoms with Gasteiger partial charge in [-0.15, -0.1) is 0 Å². The molecule has 0 radical (unpaired) electrons. The van der Waals surface area contributed by atoms with Crippen molar-refractivity contribution < 1.29 is 13.9 Å². The van der Waals surface area contributed by atoms with Crippen LogP contribution in [0.25, 0.3) is 0 Å². The van der Waals surface area contributed by atoms with Gasteiger partial charge in [-0.25, -0.2) is 4.39 Å². The van der Waals surface area contributed by atoms with Gasteiger partial charge in [-0.1, -0.05) is 6.07 Å². The zero-order valence-corrected chi connectivity index (χ0v) is 11.0. The molecule has 1 aromatic carbocycles. The SMILES string of the molecule is C[C@@H](Oc1ccc(F)cc1)C(=O)NCc1cccnc1. The summed E-state index contributed by atoms with van der Waals surface area (Å²) in [7, 11) is 0. The van der Waals surface area contributed by atoms with Gasteiger partial charge in [-0.05, 0) is 42.8 Å². The van der Waals surface area contributed by atoms with Gasteiger partial charge in [0.05, 0.1) is 0 Å². The highest BCUT2D eigenvalue weighted by atomic mass is 19.1. The minimum atomic E-state index is -0.655. The van der Waals surface area contributed by atoms with Crippen LogP contribution in [-0.2, 0) is 11.3 Å². The Kier molecular flexibility index (Phi) is 4.65. The fraction of sp³-hybridized carbons (Fsp3) is 0.200. The number of carbonyl (C=O) groups is 1. The predicted molar refractivity (Wildman–Crippen MR) is 72.6 cm³/mol. The smallest absolute Gasteiger partial charge is 0.261 e. The first kappa shape index (κ1) is 14.0. The Morgan fingerprint density at radius 1 is 1.35 bits per heavy atom. The lowest BCUT2D eigenvalue weighted by Crippen LogP contribution is -2.35.